The number of ether oxygens (including phenoxy) is 1. The number of likely N-dealkylation sites (tertiary alicyclic amines) is 1. The van der Waals surface area contributed by atoms with Crippen LogP contribution in [0.5, 0.6) is 0 Å². The van der Waals surface area contributed by atoms with Crippen molar-refractivity contribution in [3.63, 3.8) is 0 Å². The molecule has 0 saturated carbocycles. The van der Waals surface area contributed by atoms with E-state index in [1.165, 1.54) is 5.56 Å². The molecule has 3 rings (SSSR count). The third-order valence-corrected chi connectivity index (χ3v) is 5.06. The maximum Gasteiger partial charge on any atom is 0.223 e. The number of carbonyl (C=O) groups excluding carboxylic acids is 1. The number of benzene rings is 1. The van der Waals surface area contributed by atoms with Crippen LogP contribution in [-0.4, -0.2) is 49.7 Å². The van der Waals surface area contributed by atoms with Crippen LogP contribution in [-0.2, 0) is 9.53 Å². The number of carbonyl (C=O) groups is 1. The van der Waals surface area contributed by atoms with Crippen molar-refractivity contribution < 1.29 is 9.53 Å². The zero-order chi connectivity index (χ0) is 14.7. The molecule has 0 aromatic heterocycles. The largest absolute Gasteiger partial charge is 0.383 e. The highest BCUT2D eigenvalue weighted by Crippen LogP contribution is 2.47. The molecule has 2 aliphatic rings. The molecule has 2 aliphatic heterocycles. The lowest BCUT2D eigenvalue weighted by atomic mass is 9.74. The van der Waals surface area contributed by atoms with Crippen LogP contribution >= 0.6 is 0 Å². The smallest absolute Gasteiger partial charge is 0.223 e. The van der Waals surface area contributed by atoms with Gasteiger partial charge in [-0.15, -0.1) is 0 Å². The van der Waals surface area contributed by atoms with E-state index in [1.54, 1.807) is 7.11 Å². The Kier molecular flexibility index (Phi) is 4.27. The fourth-order valence-corrected chi connectivity index (χ4v) is 4.03. The lowest BCUT2D eigenvalue weighted by molar-refractivity contribution is -0.132. The second-order valence-electron chi connectivity index (χ2n) is 6.06. The molecule has 1 amide bonds. The van der Waals surface area contributed by atoms with Crippen molar-refractivity contribution in [2.24, 2.45) is 0 Å². The van der Waals surface area contributed by atoms with Crippen LogP contribution in [0.25, 0.3) is 0 Å². The minimum Gasteiger partial charge on any atom is -0.383 e. The number of rotatable bonds is 4. The average Bonchev–Trinajstić information content (AvgIpc) is 2.79. The Morgan fingerprint density at radius 2 is 2.00 bits per heavy atom. The number of hydrogen-bond acceptors (Lipinski definition) is 3. The minimum atomic E-state index is -0.0256. The van der Waals surface area contributed by atoms with Crippen LogP contribution in [0.15, 0.2) is 30.3 Å². The van der Waals surface area contributed by atoms with Crippen molar-refractivity contribution >= 4 is 5.91 Å². The van der Waals surface area contributed by atoms with E-state index in [9.17, 15) is 4.79 Å². The van der Waals surface area contributed by atoms with Gasteiger partial charge in [0.25, 0.3) is 0 Å². The molecule has 1 aromatic rings. The van der Waals surface area contributed by atoms with Crippen LogP contribution in [0.2, 0.25) is 0 Å². The first kappa shape index (κ1) is 14.5. The molecule has 1 N–H and O–H groups in total. The quantitative estimate of drug-likeness (QED) is 0.918. The molecule has 0 unspecified atom stereocenters. The molecule has 0 aliphatic carbocycles. The Balaban J connectivity index is 1.94. The topological polar surface area (TPSA) is 41.6 Å². The summed E-state index contributed by atoms with van der Waals surface area (Å²) in [5.74, 6) is 0.591. The molecule has 1 spiro atoms. The predicted octanol–water partition coefficient (Wildman–Crippen LogP) is 1.77. The summed E-state index contributed by atoms with van der Waals surface area (Å²) >= 11 is 0. The Bertz CT molecular complexity index is 483. The molecule has 4 nitrogen and oxygen atoms in total. The molecule has 4 heteroatoms. The number of nitrogens with one attached hydrogen (secondary N) is 1. The van der Waals surface area contributed by atoms with E-state index >= 15 is 0 Å². The van der Waals surface area contributed by atoms with Crippen LogP contribution in [0.4, 0.5) is 0 Å². The molecule has 114 valence electrons. The monoisotopic (exact) mass is 288 g/mol. The van der Waals surface area contributed by atoms with Crippen molar-refractivity contribution in [2.45, 2.75) is 30.7 Å². The summed E-state index contributed by atoms with van der Waals surface area (Å²) < 4.78 is 5.22. The Morgan fingerprint density at radius 1 is 1.29 bits per heavy atom. The van der Waals surface area contributed by atoms with Gasteiger partial charge in [-0.25, -0.2) is 0 Å². The van der Waals surface area contributed by atoms with Crippen LogP contribution < -0.4 is 5.32 Å². The summed E-state index contributed by atoms with van der Waals surface area (Å²) in [6.45, 7) is 3.29. The van der Waals surface area contributed by atoms with E-state index in [-0.39, 0.29) is 11.4 Å². The van der Waals surface area contributed by atoms with E-state index in [0.29, 0.717) is 25.5 Å². The molecule has 0 radical (unpaired) electrons. The van der Waals surface area contributed by atoms with Crippen LogP contribution in [0.1, 0.15) is 30.7 Å². The zero-order valence-corrected chi connectivity index (χ0v) is 12.7. The van der Waals surface area contributed by atoms with E-state index in [4.69, 9.17) is 4.74 Å². The third kappa shape index (κ3) is 2.58. The van der Waals surface area contributed by atoms with Gasteiger partial charge in [0, 0.05) is 26.0 Å². The second kappa shape index (κ2) is 6.16. The standard InChI is InChI=1S/C17H24N2O2/c1-21-12-11-19-16(20)13-15(14-5-3-2-4-6-14)17(19)7-9-18-10-8-17/h2-6,15,18H,7-13H2,1H3/t15-/m1/s1. The molecule has 0 bridgehead atoms. The van der Waals surface area contributed by atoms with Gasteiger partial charge in [-0.2, -0.15) is 0 Å². The van der Waals surface area contributed by atoms with Crippen LogP contribution in [0, 0.1) is 0 Å². The van der Waals surface area contributed by atoms with Gasteiger partial charge in [-0.1, -0.05) is 30.3 Å². The normalized spacial score (nSPS) is 24.7. The van der Waals surface area contributed by atoms with Crippen LogP contribution in [0.3, 0.4) is 0 Å². The van der Waals surface area contributed by atoms with E-state index in [0.717, 1.165) is 25.9 Å². The minimum absolute atomic E-state index is 0.0256. The molecule has 21 heavy (non-hydrogen) atoms. The van der Waals surface area contributed by atoms with Gasteiger partial charge in [-0.05, 0) is 31.5 Å². The van der Waals surface area contributed by atoms with Gasteiger partial charge in [0.2, 0.25) is 5.91 Å². The van der Waals surface area contributed by atoms with Gasteiger partial charge >= 0.3 is 0 Å². The highest BCUT2D eigenvalue weighted by atomic mass is 16.5. The second-order valence-corrected chi connectivity index (χ2v) is 6.06. The maximum atomic E-state index is 12.6. The fourth-order valence-electron chi connectivity index (χ4n) is 4.03. The predicted molar refractivity (Wildman–Crippen MR) is 82.2 cm³/mol. The number of nitrogens with zero attached hydrogens (tertiary/aromatic N) is 1. The van der Waals surface area contributed by atoms with E-state index in [1.807, 2.05) is 6.07 Å². The summed E-state index contributed by atoms with van der Waals surface area (Å²) in [5.41, 5.74) is 1.27. The van der Waals surface area contributed by atoms with Gasteiger partial charge in [0.15, 0.2) is 0 Å². The molecule has 1 atom stereocenters. The maximum absolute atomic E-state index is 12.6. The number of amides is 1. The Labute approximate surface area is 126 Å². The van der Waals surface area contributed by atoms with Crippen molar-refractivity contribution in [1.29, 1.82) is 0 Å². The average molecular weight is 288 g/mol. The first-order valence-electron chi connectivity index (χ1n) is 7.83. The molecular formula is C17H24N2O2. The highest BCUT2D eigenvalue weighted by Gasteiger charge is 2.52. The molecule has 2 saturated heterocycles. The van der Waals surface area contributed by atoms with Crippen molar-refractivity contribution in [2.75, 3.05) is 33.4 Å². The zero-order valence-electron chi connectivity index (χ0n) is 12.7. The summed E-state index contributed by atoms with van der Waals surface area (Å²) in [7, 11) is 1.70. The van der Waals surface area contributed by atoms with Crippen molar-refractivity contribution in [3.05, 3.63) is 35.9 Å². The Morgan fingerprint density at radius 3 is 2.67 bits per heavy atom. The molecule has 2 heterocycles. The summed E-state index contributed by atoms with van der Waals surface area (Å²) in [6.07, 6.45) is 2.69. The van der Waals surface area contributed by atoms with E-state index < -0.39 is 0 Å². The summed E-state index contributed by atoms with van der Waals surface area (Å²) in [6, 6.07) is 10.5. The highest BCUT2D eigenvalue weighted by molar-refractivity contribution is 5.81. The molecular weight excluding hydrogens is 264 g/mol. The SMILES string of the molecule is COCCN1C(=O)C[C@H](c2ccccc2)C12CCNCC2. The number of methoxy groups -OCH3 is 1. The molecule has 2 fully saturated rings. The van der Waals surface area contributed by atoms with Gasteiger partial charge in [-0.3, -0.25) is 4.79 Å². The van der Waals surface area contributed by atoms with E-state index in [2.05, 4.69) is 34.5 Å². The number of hydrogen-bond donors (Lipinski definition) is 1. The third-order valence-electron chi connectivity index (χ3n) is 5.06. The van der Waals surface area contributed by atoms with Gasteiger partial charge in [0.1, 0.15) is 0 Å². The molecule has 1 aromatic carbocycles. The van der Waals surface area contributed by atoms with Crippen molar-refractivity contribution in [3.8, 4) is 0 Å². The van der Waals surface area contributed by atoms with Gasteiger partial charge < -0.3 is 15.0 Å². The lowest BCUT2D eigenvalue weighted by Crippen LogP contribution is -2.55. The van der Waals surface area contributed by atoms with Crippen molar-refractivity contribution in [1.82, 2.24) is 10.2 Å². The Hall–Kier alpha value is -1.39. The number of piperidine rings is 1. The summed E-state index contributed by atoms with van der Waals surface area (Å²) in [4.78, 5) is 14.7. The first-order valence-corrected chi connectivity index (χ1v) is 7.83. The lowest BCUT2D eigenvalue weighted by Gasteiger charge is -2.45. The first-order chi connectivity index (χ1) is 10.3. The summed E-state index contributed by atoms with van der Waals surface area (Å²) in [5, 5.41) is 3.43. The fraction of sp³-hybridized carbons (Fsp3) is 0.588. The van der Waals surface area contributed by atoms with Gasteiger partial charge in [0.05, 0.1) is 12.1 Å².